The molecule has 1 aliphatic carbocycles. The molecule has 0 fully saturated rings. The van der Waals surface area contributed by atoms with Gasteiger partial charge in [0.25, 0.3) is 0 Å². The van der Waals surface area contributed by atoms with E-state index in [1.165, 1.54) is 43.7 Å². The largest absolute Gasteiger partial charge is 0.358 e. The zero-order valence-electron chi connectivity index (χ0n) is 20.0. The smallest absolute Gasteiger partial charge is 0.0541 e. The first-order valence-electron chi connectivity index (χ1n) is 12.2. The van der Waals surface area contributed by atoms with Crippen molar-refractivity contribution >= 4 is 46.2 Å². The number of benzene rings is 3. The number of rotatable bonds is 3. The van der Waals surface area contributed by atoms with Gasteiger partial charge in [-0.05, 0) is 77.8 Å². The maximum absolute atomic E-state index is 4.59. The highest BCUT2D eigenvalue weighted by atomic mass is 15.1. The van der Waals surface area contributed by atoms with Crippen molar-refractivity contribution in [1.29, 1.82) is 0 Å². The van der Waals surface area contributed by atoms with Gasteiger partial charge in [0.05, 0.1) is 5.69 Å². The van der Waals surface area contributed by atoms with Crippen molar-refractivity contribution in [3.8, 4) is 0 Å². The van der Waals surface area contributed by atoms with E-state index in [-0.39, 0.29) is 0 Å². The van der Waals surface area contributed by atoms with Crippen LogP contribution in [0.15, 0.2) is 103 Å². The molecule has 170 valence electrons. The molecule has 2 heteroatoms. The second-order valence-corrected chi connectivity index (χ2v) is 9.14. The van der Waals surface area contributed by atoms with E-state index in [0.29, 0.717) is 0 Å². The highest BCUT2D eigenvalue weighted by Gasteiger charge is 2.23. The predicted octanol–water partition coefficient (Wildman–Crippen LogP) is 7.01. The Balaban J connectivity index is 1.66. The number of hydrogen-bond donors (Lipinski definition) is 1. The minimum atomic E-state index is 1.01. The lowest BCUT2D eigenvalue weighted by Gasteiger charge is -2.26. The van der Waals surface area contributed by atoms with Crippen LogP contribution in [0.2, 0.25) is 0 Å². The van der Waals surface area contributed by atoms with Crippen LogP contribution < -0.4 is 15.3 Å². The molecule has 0 bridgehead atoms. The zero-order chi connectivity index (χ0) is 23.8. The third kappa shape index (κ3) is 3.77. The summed E-state index contributed by atoms with van der Waals surface area (Å²) in [5.74, 6) is 0. The van der Waals surface area contributed by atoms with E-state index >= 15 is 0 Å². The molecule has 0 amide bonds. The lowest BCUT2D eigenvalue weighted by atomic mass is 9.90. The number of allylic oxidation sites excluding steroid dienone is 6. The van der Waals surface area contributed by atoms with Crippen molar-refractivity contribution in [1.82, 2.24) is 4.98 Å². The monoisotopic (exact) mass is 452 g/mol. The van der Waals surface area contributed by atoms with Gasteiger partial charge in [-0.25, -0.2) is 0 Å². The number of nitrogens with one attached hydrogen (secondary N) is 1. The maximum atomic E-state index is 4.59. The van der Waals surface area contributed by atoms with Crippen molar-refractivity contribution in [2.24, 2.45) is 0 Å². The van der Waals surface area contributed by atoms with Crippen LogP contribution >= 0.6 is 0 Å². The van der Waals surface area contributed by atoms with Crippen LogP contribution in [-0.4, -0.2) is 4.98 Å². The summed E-state index contributed by atoms with van der Waals surface area (Å²) in [5, 5.41) is 3.61. The van der Waals surface area contributed by atoms with E-state index in [2.05, 4.69) is 126 Å². The third-order valence-electron chi connectivity index (χ3n) is 6.88. The van der Waals surface area contributed by atoms with Crippen molar-refractivity contribution in [3.05, 3.63) is 130 Å². The average molecular weight is 453 g/mol. The summed E-state index contributed by atoms with van der Waals surface area (Å²) in [4.78, 5) is 6.03. The van der Waals surface area contributed by atoms with Gasteiger partial charge in [0.1, 0.15) is 0 Å². The highest BCUT2D eigenvalue weighted by Crippen LogP contribution is 2.42. The maximum Gasteiger partial charge on any atom is 0.0541 e. The van der Waals surface area contributed by atoms with Crippen LogP contribution in [0.1, 0.15) is 30.2 Å². The van der Waals surface area contributed by atoms with Gasteiger partial charge in [-0.2, -0.15) is 0 Å². The summed E-state index contributed by atoms with van der Waals surface area (Å²) in [6, 6.07) is 23.6. The first-order valence-corrected chi connectivity index (χ1v) is 12.2. The average Bonchev–Trinajstić information content (AvgIpc) is 3.25. The number of aromatic amines is 1. The van der Waals surface area contributed by atoms with E-state index in [1.807, 2.05) is 6.92 Å². The number of hydrogen-bond acceptors (Lipinski definition) is 1. The molecule has 4 aromatic rings. The van der Waals surface area contributed by atoms with E-state index in [1.54, 1.807) is 0 Å². The lowest BCUT2D eigenvalue weighted by Crippen LogP contribution is -2.29. The molecule has 0 saturated carbocycles. The van der Waals surface area contributed by atoms with Crippen LogP contribution in [0.5, 0.6) is 0 Å². The Bertz CT molecular complexity index is 1660. The summed E-state index contributed by atoms with van der Waals surface area (Å²) in [6.45, 7) is 6.64. The summed E-state index contributed by atoms with van der Waals surface area (Å²) in [6.07, 6.45) is 17.4. The Morgan fingerprint density at radius 2 is 1.66 bits per heavy atom. The fraction of sp³-hybridized carbons (Fsp3) is 0.0909. The first-order chi connectivity index (χ1) is 17.2. The molecule has 2 heterocycles. The fourth-order valence-corrected chi connectivity index (χ4v) is 5.22. The summed E-state index contributed by atoms with van der Waals surface area (Å²) >= 11 is 0. The quantitative estimate of drug-likeness (QED) is 0.331. The predicted molar refractivity (Wildman–Crippen MR) is 151 cm³/mol. The summed E-state index contributed by atoms with van der Waals surface area (Å²) in [5.41, 5.74) is 9.61. The summed E-state index contributed by atoms with van der Waals surface area (Å²) < 4.78 is 0. The summed E-state index contributed by atoms with van der Waals surface area (Å²) in [7, 11) is 0. The van der Waals surface area contributed by atoms with E-state index in [0.717, 1.165) is 29.8 Å². The van der Waals surface area contributed by atoms with Gasteiger partial charge in [0.2, 0.25) is 0 Å². The van der Waals surface area contributed by atoms with E-state index < -0.39 is 0 Å². The molecule has 0 saturated heterocycles. The van der Waals surface area contributed by atoms with E-state index in [4.69, 9.17) is 0 Å². The van der Waals surface area contributed by atoms with Crippen LogP contribution in [0, 0.1) is 0 Å². The van der Waals surface area contributed by atoms with Gasteiger partial charge in [0, 0.05) is 39.6 Å². The van der Waals surface area contributed by atoms with Gasteiger partial charge in [-0.15, -0.1) is 0 Å². The molecule has 0 spiro atoms. The standard InChI is InChI=1S/C33H28N2/c1-3-4-6-11-24-16-17-29-28(21-24)33-30(34-29)18-19-31-32(33)23(2)20-25-12-9-10-13-26(25)22-35(31)27-14-7-5-8-15-27/h3-15,18-22,34H,2,16-17H2,1H3/b4-3-,11-6-,25-20-,26-22-. The van der Waals surface area contributed by atoms with Gasteiger partial charge in [0.15, 0.2) is 0 Å². The Hall–Kier alpha value is -4.30. The van der Waals surface area contributed by atoms with Crippen molar-refractivity contribution in [3.63, 3.8) is 0 Å². The second kappa shape index (κ2) is 8.81. The zero-order valence-corrected chi connectivity index (χ0v) is 20.0. The minimum absolute atomic E-state index is 1.01. The fourth-order valence-electron chi connectivity index (χ4n) is 5.22. The second-order valence-electron chi connectivity index (χ2n) is 9.14. The third-order valence-corrected chi connectivity index (χ3v) is 6.88. The van der Waals surface area contributed by atoms with Crippen LogP contribution in [0.4, 0.5) is 11.4 Å². The molecule has 6 rings (SSSR count). The molecule has 2 aliphatic rings. The van der Waals surface area contributed by atoms with Crippen LogP contribution in [-0.2, 0) is 6.42 Å². The molecule has 0 unspecified atom stereocenters. The molecule has 0 radical (unpaired) electrons. The topological polar surface area (TPSA) is 19.0 Å². The molecule has 0 atom stereocenters. The molecule has 3 aromatic carbocycles. The van der Waals surface area contributed by atoms with Gasteiger partial charge in [-0.3, -0.25) is 0 Å². The van der Waals surface area contributed by atoms with Crippen LogP contribution in [0.3, 0.4) is 0 Å². The minimum Gasteiger partial charge on any atom is -0.358 e. The van der Waals surface area contributed by atoms with Crippen LogP contribution in [0.25, 0.3) is 34.8 Å². The Morgan fingerprint density at radius 3 is 2.49 bits per heavy atom. The molecule has 1 N–H and O–H groups in total. The SMILES string of the molecule is C=C1/C=c2/cccc/c2=C/N(c2ccccc2)c2ccc3[nH]c4c(c3c21)C=C(/C=C\C=C/C)CC4. The Labute approximate surface area is 206 Å². The Kier molecular flexibility index (Phi) is 5.35. The number of nitrogens with zero attached hydrogens (tertiary/aromatic N) is 1. The normalized spacial score (nSPS) is 17.1. The van der Waals surface area contributed by atoms with Gasteiger partial charge >= 0.3 is 0 Å². The molecular formula is C33H28N2. The molecular weight excluding hydrogens is 424 g/mol. The number of H-pyrrole nitrogens is 1. The number of fused-ring (bicyclic) bond motifs is 6. The number of anilines is 2. The lowest BCUT2D eigenvalue weighted by molar-refractivity contribution is 0.921. The highest BCUT2D eigenvalue weighted by molar-refractivity contribution is 6.10. The van der Waals surface area contributed by atoms with Gasteiger partial charge < -0.3 is 9.88 Å². The number of aryl methyl sites for hydroxylation is 1. The molecule has 2 nitrogen and oxygen atoms in total. The van der Waals surface area contributed by atoms with Crippen molar-refractivity contribution in [2.75, 3.05) is 4.90 Å². The first kappa shape index (κ1) is 21.2. The molecule has 1 aromatic heterocycles. The number of aromatic nitrogens is 1. The molecule has 35 heavy (non-hydrogen) atoms. The van der Waals surface area contributed by atoms with Crippen molar-refractivity contribution < 1.29 is 0 Å². The van der Waals surface area contributed by atoms with Crippen molar-refractivity contribution in [2.45, 2.75) is 19.8 Å². The Morgan fingerprint density at radius 1 is 0.857 bits per heavy atom. The van der Waals surface area contributed by atoms with Gasteiger partial charge in [-0.1, -0.05) is 73.3 Å². The molecule has 1 aliphatic heterocycles. The number of para-hydroxylation sites is 1. The van der Waals surface area contributed by atoms with E-state index in [9.17, 15) is 0 Å².